The number of hydrogen-bond donors (Lipinski definition) is 4. The third kappa shape index (κ3) is 1.82. The summed E-state index contributed by atoms with van der Waals surface area (Å²) in [4.78, 5) is 14.9. The second kappa shape index (κ2) is 4.03. The van der Waals surface area contributed by atoms with Crippen LogP contribution in [-0.2, 0) is 0 Å². The molecular weight excluding hydrogens is 210 g/mol. The van der Waals surface area contributed by atoms with E-state index in [0.29, 0.717) is 17.0 Å². The number of aliphatic hydroxyl groups excluding tert-OH is 2. The summed E-state index contributed by atoms with van der Waals surface area (Å²) in [7, 11) is 0. The molecule has 16 heavy (non-hydrogen) atoms. The van der Waals surface area contributed by atoms with Crippen LogP contribution in [0.3, 0.4) is 0 Å². The third-order valence-corrected chi connectivity index (χ3v) is 2.34. The fraction of sp³-hybridized carbons (Fsp3) is 0.444. The van der Waals surface area contributed by atoms with E-state index in [1.165, 1.54) is 12.7 Å². The molecule has 4 N–H and O–H groups in total. The first-order valence-corrected chi connectivity index (χ1v) is 4.82. The molecule has 0 bridgehead atoms. The van der Waals surface area contributed by atoms with E-state index in [0.717, 1.165) is 0 Å². The summed E-state index contributed by atoms with van der Waals surface area (Å²) >= 11 is 0. The quantitative estimate of drug-likeness (QED) is 0.557. The molecule has 7 nitrogen and oxygen atoms in total. The zero-order chi connectivity index (χ0) is 11.6. The number of aliphatic hydroxyl groups is 2. The monoisotopic (exact) mass is 223 g/mol. The van der Waals surface area contributed by atoms with Crippen LogP contribution in [0.5, 0.6) is 0 Å². The van der Waals surface area contributed by atoms with Crippen molar-refractivity contribution >= 4 is 17.0 Å². The Balaban J connectivity index is 2.37. The van der Waals surface area contributed by atoms with Crippen molar-refractivity contribution in [2.75, 3.05) is 18.5 Å². The van der Waals surface area contributed by atoms with Crippen molar-refractivity contribution in [1.29, 1.82) is 0 Å². The second-order valence-electron chi connectivity index (χ2n) is 3.83. The molecule has 86 valence electrons. The maximum Gasteiger partial charge on any atom is 0.182 e. The molecule has 0 spiro atoms. The Morgan fingerprint density at radius 2 is 2.06 bits per heavy atom. The summed E-state index contributed by atoms with van der Waals surface area (Å²) in [5.74, 6) is 0.508. The van der Waals surface area contributed by atoms with Crippen molar-refractivity contribution in [3.05, 3.63) is 12.7 Å². The number of nitrogens with zero attached hydrogens (tertiary/aromatic N) is 3. The summed E-state index contributed by atoms with van der Waals surface area (Å²) in [6, 6.07) is 0. The molecule has 0 radical (unpaired) electrons. The fourth-order valence-electron chi connectivity index (χ4n) is 1.27. The van der Waals surface area contributed by atoms with Gasteiger partial charge in [-0.05, 0) is 6.92 Å². The van der Waals surface area contributed by atoms with Gasteiger partial charge in [0.1, 0.15) is 11.8 Å². The molecule has 0 aromatic carbocycles. The summed E-state index contributed by atoms with van der Waals surface area (Å²) in [6.07, 6.45) is 2.89. The van der Waals surface area contributed by atoms with Gasteiger partial charge >= 0.3 is 0 Å². The molecule has 0 atom stereocenters. The van der Waals surface area contributed by atoms with Crippen molar-refractivity contribution in [2.45, 2.75) is 12.5 Å². The van der Waals surface area contributed by atoms with Gasteiger partial charge in [0.05, 0.1) is 25.1 Å². The molecule has 0 aliphatic carbocycles. The van der Waals surface area contributed by atoms with E-state index >= 15 is 0 Å². The lowest BCUT2D eigenvalue weighted by Gasteiger charge is -2.26. The molecular formula is C9H13N5O2. The SMILES string of the molecule is CC(CO)(CO)Nc1ncnc2nc[nH]c12. The molecule has 2 aromatic rings. The topological polar surface area (TPSA) is 107 Å². The lowest BCUT2D eigenvalue weighted by Crippen LogP contribution is -2.42. The largest absolute Gasteiger partial charge is 0.394 e. The molecule has 0 aliphatic heterocycles. The summed E-state index contributed by atoms with van der Waals surface area (Å²) in [5, 5.41) is 21.3. The molecule has 2 rings (SSSR count). The van der Waals surface area contributed by atoms with Gasteiger partial charge in [0.2, 0.25) is 0 Å². The number of anilines is 1. The van der Waals surface area contributed by atoms with Crippen molar-refractivity contribution in [3.8, 4) is 0 Å². The lowest BCUT2D eigenvalue weighted by atomic mass is 10.1. The number of H-pyrrole nitrogens is 1. The van der Waals surface area contributed by atoms with E-state index in [4.69, 9.17) is 0 Å². The number of hydrogen-bond acceptors (Lipinski definition) is 6. The Hall–Kier alpha value is -1.73. The fourth-order valence-corrected chi connectivity index (χ4v) is 1.27. The minimum Gasteiger partial charge on any atom is -0.394 e. The molecule has 0 saturated heterocycles. The number of rotatable bonds is 4. The molecule has 7 heteroatoms. The van der Waals surface area contributed by atoms with Gasteiger partial charge in [-0.1, -0.05) is 0 Å². The average molecular weight is 223 g/mol. The third-order valence-electron chi connectivity index (χ3n) is 2.34. The summed E-state index contributed by atoms with van der Waals surface area (Å²) < 4.78 is 0. The number of aromatic nitrogens is 4. The number of fused-ring (bicyclic) bond motifs is 1. The Kier molecular flexibility index (Phi) is 2.71. The van der Waals surface area contributed by atoms with Gasteiger partial charge in [0.25, 0.3) is 0 Å². The normalized spacial score (nSPS) is 11.9. The van der Waals surface area contributed by atoms with Crippen LogP contribution in [0.1, 0.15) is 6.92 Å². The minimum atomic E-state index is -0.827. The van der Waals surface area contributed by atoms with Crippen LogP contribution in [0.15, 0.2) is 12.7 Å². The molecule has 0 fully saturated rings. The number of imidazole rings is 1. The summed E-state index contributed by atoms with van der Waals surface area (Å²) in [6.45, 7) is 1.28. The molecule has 0 saturated carbocycles. The highest BCUT2D eigenvalue weighted by Gasteiger charge is 2.23. The van der Waals surface area contributed by atoms with Gasteiger partial charge in [0, 0.05) is 0 Å². The zero-order valence-corrected chi connectivity index (χ0v) is 8.80. The Morgan fingerprint density at radius 3 is 2.75 bits per heavy atom. The maximum atomic E-state index is 9.18. The van der Waals surface area contributed by atoms with Crippen molar-refractivity contribution in [2.24, 2.45) is 0 Å². The first-order chi connectivity index (χ1) is 7.68. The van der Waals surface area contributed by atoms with Gasteiger partial charge in [-0.2, -0.15) is 0 Å². The van der Waals surface area contributed by atoms with Crippen LogP contribution in [0.25, 0.3) is 11.2 Å². The van der Waals surface area contributed by atoms with Crippen molar-refractivity contribution < 1.29 is 10.2 Å². The minimum absolute atomic E-state index is 0.205. The van der Waals surface area contributed by atoms with Gasteiger partial charge in [-0.3, -0.25) is 0 Å². The van der Waals surface area contributed by atoms with Gasteiger partial charge in [0.15, 0.2) is 11.5 Å². The van der Waals surface area contributed by atoms with Crippen LogP contribution in [0.4, 0.5) is 5.82 Å². The van der Waals surface area contributed by atoms with Crippen molar-refractivity contribution in [1.82, 2.24) is 19.9 Å². The predicted octanol–water partition coefficient (Wildman–Crippen LogP) is -0.492. The highest BCUT2D eigenvalue weighted by molar-refractivity contribution is 5.82. The molecule has 0 amide bonds. The summed E-state index contributed by atoms with van der Waals surface area (Å²) in [5.41, 5.74) is 0.359. The van der Waals surface area contributed by atoms with E-state index in [-0.39, 0.29) is 13.2 Å². The average Bonchev–Trinajstić information content (AvgIpc) is 2.78. The first-order valence-electron chi connectivity index (χ1n) is 4.82. The van der Waals surface area contributed by atoms with Crippen LogP contribution in [0, 0.1) is 0 Å². The van der Waals surface area contributed by atoms with Crippen LogP contribution in [-0.4, -0.2) is 48.9 Å². The Labute approximate surface area is 91.6 Å². The Bertz CT molecular complexity index is 479. The smallest absolute Gasteiger partial charge is 0.182 e. The maximum absolute atomic E-state index is 9.18. The number of aromatic amines is 1. The molecule has 0 unspecified atom stereocenters. The lowest BCUT2D eigenvalue weighted by molar-refractivity contribution is 0.147. The van der Waals surface area contributed by atoms with Gasteiger partial charge in [-0.15, -0.1) is 0 Å². The van der Waals surface area contributed by atoms with E-state index in [1.54, 1.807) is 6.92 Å². The predicted molar refractivity (Wildman–Crippen MR) is 57.9 cm³/mol. The van der Waals surface area contributed by atoms with E-state index in [9.17, 15) is 10.2 Å². The van der Waals surface area contributed by atoms with Gasteiger partial charge < -0.3 is 20.5 Å². The Morgan fingerprint density at radius 1 is 1.31 bits per heavy atom. The van der Waals surface area contributed by atoms with Crippen LogP contribution >= 0.6 is 0 Å². The van der Waals surface area contributed by atoms with E-state index in [1.807, 2.05) is 0 Å². The molecule has 2 aromatic heterocycles. The standard InChI is InChI=1S/C9H13N5O2/c1-9(2-15,3-16)14-8-6-7(11-4-10-6)12-5-13-8/h4-5,15-16H,2-3H2,1H3,(H2,10,11,12,13,14). The molecule has 0 aliphatic rings. The van der Waals surface area contributed by atoms with E-state index in [2.05, 4.69) is 25.3 Å². The first kappa shape index (κ1) is 10.8. The second-order valence-corrected chi connectivity index (χ2v) is 3.83. The van der Waals surface area contributed by atoms with E-state index < -0.39 is 5.54 Å². The zero-order valence-electron chi connectivity index (χ0n) is 8.80. The van der Waals surface area contributed by atoms with Crippen molar-refractivity contribution in [3.63, 3.8) is 0 Å². The highest BCUT2D eigenvalue weighted by Crippen LogP contribution is 2.18. The van der Waals surface area contributed by atoms with Crippen LogP contribution < -0.4 is 5.32 Å². The molecule has 2 heterocycles. The number of nitrogens with one attached hydrogen (secondary N) is 2. The van der Waals surface area contributed by atoms with Gasteiger partial charge in [-0.25, -0.2) is 15.0 Å². The highest BCUT2D eigenvalue weighted by atomic mass is 16.3. The van der Waals surface area contributed by atoms with Crippen LogP contribution in [0.2, 0.25) is 0 Å².